The zero-order valence-electron chi connectivity index (χ0n) is 9.49. The summed E-state index contributed by atoms with van der Waals surface area (Å²) in [5.74, 6) is -5.29. The van der Waals surface area contributed by atoms with Crippen LogP contribution in [0.1, 0.15) is 13.8 Å². The second kappa shape index (κ2) is 5.85. The molecule has 0 rings (SSSR count). The molecule has 1 atom stereocenters. The number of carboxylic acid groups (broad SMARTS) is 1. The normalized spacial score (nSPS) is 14.1. The van der Waals surface area contributed by atoms with Gasteiger partial charge in [0.1, 0.15) is 0 Å². The van der Waals surface area contributed by atoms with Crippen LogP contribution in [0.15, 0.2) is 0 Å². The van der Waals surface area contributed by atoms with Crippen LogP contribution in [0.3, 0.4) is 0 Å². The van der Waals surface area contributed by atoms with E-state index in [2.05, 4.69) is 0 Å². The van der Waals surface area contributed by atoms with Gasteiger partial charge in [0.2, 0.25) is 5.91 Å². The highest BCUT2D eigenvalue weighted by molar-refractivity contribution is 5.76. The van der Waals surface area contributed by atoms with Crippen LogP contribution >= 0.6 is 0 Å². The van der Waals surface area contributed by atoms with E-state index in [0.717, 1.165) is 4.90 Å². The SMILES string of the molecule is CC(C)N(CC(N)=O)CC(C(=O)O)C(F)(F)F. The minimum absolute atomic E-state index is 0.405. The van der Waals surface area contributed by atoms with E-state index in [-0.39, 0.29) is 0 Å². The fraction of sp³-hybridized carbons (Fsp3) is 0.778. The predicted molar refractivity (Wildman–Crippen MR) is 53.1 cm³/mol. The number of primary amides is 1. The molecule has 3 N–H and O–H groups in total. The van der Waals surface area contributed by atoms with Gasteiger partial charge in [0.25, 0.3) is 0 Å². The molecule has 0 aromatic rings. The molecule has 0 saturated carbocycles. The molecule has 0 aromatic carbocycles. The van der Waals surface area contributed by atoms with Crippen LogP contribution < -0.4 is 5.73 Å². The highest BCUT2D eigenvalue weighted by Crippen LogP contribution is 2.27. The predicted octanol–water partition coefficient (Wildman–Crippen LogP) is 0.445. The van der Waals surface area contributed by atoms with Crippen LogP contribution in [0.25, 0.3) is 0 Å². The molecule has 0 aliphatic carbocycles. The number of hydrogen-bond donors (Lipinski definition) is 2. The summed E-state index contributed by atoms with van der Waals surface area (Å²) in [7, 11) is 0. The van der Waals surface area contributed by atoms with Crippen molar-refractivity contribution in [2.24, 2.45) is 11.7 Å². The zero-order chi connectivity index (χ0) is 13.8. The number of hydrogen-bond acceptors (Lipinski definition) is 3. The van der Waals surface area contributed by atoms with Crippen molar-refractivity contribution in [2.75, 3.05) is 13.1 Å². The largest absolute Gasteiger partial charge is 0.481 e. The first-order chi connectivity index (χ1) is 7.55. The van der Waals surface area contributed by atoms with Crippen molar-refractivity contribution in [3.05, 3.63) is 0 Å². The van der Waals surface area contributed by atoms with Gasteiger partial charge in [-0.1, -0.05) is 0 Å². The van der Waals surface area contributed by atoms with Crippen LogP contribution in [0.5, 0.6) is 0 Å². The molecular weight excluding hydrogens is 241 g/mol. The summed E-state index contributed by atoms with van der Waals surface area (Å²) in [6, 6.07) is -0.410. The first-order valence-electron chi connectivity index (χ1n) is 4.87. The Morgan fingerprint density at radius 3 is 2.06 bits per heavy atom. The number of aliphatic carboxylic acids is 1. The van der Waals surface area contributed by atoms with Gasteiger partial charge >= 0.3 is 12.1 Å². The molecule has 0 aromatic heterocycles. The van der Waals surface area contributed by atoms with Gasteiger partial charge in [0, 0.05) is 12.6 Å². The zero-order valence-corrected chi connectivity index (χ0v) is 9.49. The molecule has 0 bridgehead atoms. The lowest BCUT2D eigenvalue weighted by atomic mass is 10.1. The summed E-state index contributed by atoms with van der Waals surface area (Å²) < 4.78 is 37.2. The van der Waals surface area contributed by atoms with Gasteiger partial charge in [-0.25, -0.2) is 0 Å². The Balaban J connectivity index is 4.81. The molecule has 100 valence electrons. The van der Waals surface area contributed by atoms with Crippen LogP contribution in [-0.2, 0) is 9.59 Å². The Labute approximate surface area is 96.4 Å². The third kappa shape index (κ3) is 5.53. The highest BCUT2D eigenvalue weighted by atomic mass is 19.4. The number of amides is 1. The van der Waals surface area contributed by atoms with E-state index in [9.17, 15) is 22.8 Å². The van der Waals surface area contributed by atoms with Crippen molar-refractivity contribution in [3.63, 3.8) is 0 Å². The summed E-state index contributed by atoms with van der Waals surface area (Å²) in [4.78, 5) is 22.3. The third-order valence-electron chi connectivity index (χ3n) is 2.20. The minimum atomic E-state index is -4.85. The van der Waals surface area contributed by atoms with Gasteiger partial charge in [-0.15, -0.1) is 0 Å². The van der Waals surface area contributed by atoms with E-state index in [1.54, 1.807) is 13.8 Å². The van der Waals surface area contributed by atoms with E-state index in [4.69, 9.17) is 10.8 Å². The van der Waals surface area contributed by atoms with Crippen LogP contribution in [-0.4, -0.2) is 47.2 Å². The molecule has 1 amide bonds. The van der Waals surface area contributed by atoms with E-state index < -0.39 is 43.1 Å². The molecule has 0 saturated heterocycles. The summed E-state index contributed by atoms with van der Waals surface area (Å²) >= 11 is 0. The first kappa shape index (κ1) is 15.7. The molecule has 17 heavy (non-hydrogen) atoms. The average molecular weight is 256 g/mol. The summed E-state index contributed by atoms with van der Waals surface area (Å²) in [6.07, 6.45) is -4.85. The number of nitrogens with zero attached hydrogens (tertiary/aromatic N) is 1. The Kier molecular flexibility index (Phi) is 5.40. The van der Waals surface area contributed by atoms with Crippen molar-refractivity contribution in [3.8, 4) is 0 Å². The van der Waals surface area contributed by atoms with Crippen molar-refractivity contribution < 1.29 is 27.9 Å². The Hall–Kier alpha value is -1.31. The molecule has 1 unspecified atom stereocenters. The van der Waals surface area contributed by atoms with E-state index in [1.807, 2.05) is 0 Å². The Morgan fingerprint density at radius 2 is 1.82 bits per heavy atom. The number of carbonyl (C=O) groups excluding carboxylic acids is 1. The topological polar surface area (TPSA) is 83.6 Å². The smallest absolute Gasteiger partial charge is 0.403 e. The minimum Gasteiger partial charge on any atom is -0.481 e. The number of carbonyl (C=O) groups is 2. The molecule has 5 nitrogen and oxygen atoms in total. The maximum atomic E-state index is 12.4. The fourth-order valence-electron chi connectivity index (χ4n) is 1.21. The second-order valence-corrected chi connectivity index (χ2v) is 3.92. The average Bonchev–Trinajstić information content (AvgIpc) is 2.07. The quantitative estimate of drug-likeness (QED) is 0.722. The number of carboxylic acids is 1. The van der Waals surface area contributed by atoms with Crippen LogP contribution in [0.4, 0.5) is 13.2 Å². The monoisotopic (exact) mass is 256 g/mol. The number of alkyl halides is 3. The molecular formula is C9H15F3N2O3. The third-order valence-corrected chi connectivity index (χ3v) is 2.20. The molecule has 0 heterocycles. The maximum Gasteiger partial charge on any atom is 0.403 e. The molecule has 0 spiro atoms. The lowest BCUT2D eigenvalue weighted by Gasteiger charge is -2.28. The highest BCUT2D eigenvalue weighted by Gasteiger charge is 2.46. The van der Waals surface area contributed by atoms with E-state index in [1.165, 1.54) is 0 Å². The van der Waals surface area contributed by atoms with E-state index in [0.29, 0.717) is 0 Å². The van der Waals surface area contributed by atoms with Crippen molar-refractivity contribution in [1.29, 1.82) is 0 Å². The number of nitrogens with two attached hydrogens (primary N) is 1. The Bertz CT molecular complexity index is 292. The van der Waals surface area contributed by atoms with Crippen molar-refractivity contribution >= 4 is 11.9 Å². The Morgan fingerprint density at radius 1 is 1.35 bits per heavy atom. The lowest BCUT2D eigenvalue weighted by molar-refractivity contribution is -0.197. The molecule has 0 radical (unpaired) electrons. The summed E-state index contributed by atoms with van der Waals surface area (Å²) in [5, 5.41) is 8.51. The summed E-state index contributed by atoms with van der Waals surface area (Å²) in [6.45, 7) is 1.91. The number of rotatable bonds is 6. The van der Waals surface area contributed by atoms with Gasteiger partial charge in [-0.3, -0.25) is 14.5 Å². The van der Waals surface area contributed by atoms with Gasteiger partial charge in [0.15, 0.2) is 5.92 Å². The van der Waals surface area contributed by atoms with Crippen molar-refractivity contribution in [2.45, 2.75) is 26.1 Å². The van der Waals surface area contributed by atoms with Crippen molar-refractivity contribution in [1.82, 2.24) is 4.90 Å². The maximum absolute atomic E-state index is 12.4. The molecule has 0 fully saturated rings. The van der Waals surface area contributed by atoms with Gasteiger partial charge in [-0.2, -0.15) is 13.2 Å². The van der Waals surface area contributed by atoms with E-state index >= 15 is 0 Å². The van der Waals surface area contributed by atoms with Crippen LogP contribution in [0.2, 0.25) is 0 Å². The van der Waals surface area contributed by atoms with Gasteiger partial charge in [-0.05, 0) is 13.8 Å². The fourth-order valence-corrected chi connectivity index (χ4v) is 1.21. The lowest BCUT2D eigenvalue weighted by Crippen LogP contribution is -2.46. The van der Waals surface area contributed by atoms with Gasteiger partial charge < -0.3 is 10.8 Å². The standard InChI is InChI=1S/C9H15F3N2O3/c1-5(2)14(4-7(13)15)3-6(8(16)17)9(10,11)12/h5-6H,3-4H2,1-2H3,(H2,13,15)(H,16,17). The second-order valence-electron chi connectivity index (χ2n) is 3.92. The van der Waals surface area contributed by atoms with Crippen LogP contribution in [0, 0.1) is 5.92 Å². The number of halogens is 3. The molecule has 0 aliphatic rings. The first-order valence-corrected chi connectivity index (χ1v) is 4.87. The molecule has 8 heteroatoms. The van der Waals surface area contributed by atoms with Gasteiger partial charge in [0.05, 0.1) is 6.54 Å². The molecule has 0 aliphatic heterocycles. The summed E-state index contributed by atoms with van der Waals surface area (Å²) in [5.41, 5.74) is 4.88.